The van der Waals surface area contributed by atoms with Crippen LogP contribution in [0.1, 0.15) is 58.0 Å². The van der Waals surface area contributed by atoms with Crippen LogP contribution in [0.15, 0.2) is 36.4 Å². The van der Waals surface area contributed by atoms with Crippen LogP contribution in [-0.4, -0.2) is 48.3 Å². The standard InChI is InChI=1S/C22H26N2O3/c1-3-4-13-24(2)14-7-12-23-17-10-11-18(25)20-19(17)21(26)15-8-5-6-9-16(15)22(20)27/h5-6,8-11,23,25H,3-4,7,12-14H2,1-2H3. The van der Waals surface area contributed by atoms with Crippen LogP contribution in [0.3, 0.4) is 0 Å². The van der Waals surface area contributed by atoms with E-state index in [1.807, 2.05) is 0 Å². The Balaban J connectivity index is 1.77. The van der Waals surface area contributed by atoms with Crippen molar-refractivity contribution >= 4 is 17.3 Å². The minimum Gasteiger partial charge on any atom is -0.507 e. The Morgan fingerprint density at radius 3 is 2.22 bits per heavy atom. The highest BCUT2D eigenvalue weighted by molar-refractivity contribution is 6.31. The molecule has 5 heteroatoms. The molecule has 5 nitrogen and oxygen atoms in total. The van der Waals surface area contributed by atoms with E-state index in [1.165, 1.54) is 18.9 Å². The van der Waals surface area contributed by atoms with Crippen molar-refractivity contribution in [3.63, 3.8) is 0 Å². The van der Waals surface area contributed by atoms with E-state index in [9.17, 15) is 14.7 Å². The molecule has 142 valence electrons. The highest BCUT2D eigenvalue weighted by Crippen LogP contribution is 2.36. The molecule has 3 rings (SSSR count). The summed E-state index contributed by atoms with van der Waals surface area (Å²) in [5.41, 5.74) is 1.72. The fraction of sp³-hybridized carbons (Fsp3) is 0.364. The zero-order valence-corrected chi connectivity index (χ0v) is 15.9. The number of benzene rings is 2. The molecule has 0 fully saturated rings. The molecule has 0 amide bonds. The maximum atomic E-state index is 13.0. The SMILES string of the molecule is CCCCN(C)CCCNc1ccc(O)c2c1C(=O)c1ccccc1C2=O. The molecule has 0 radical (unpaired) electrons. The van der Waals surface area contributed by atoms with Gasteiger partial charge >= 0.3 is 0 Å². The smallest absolute Gasteiger partial charge is 0.198 e. The molecule has 0 heterocycles. The van der Waals surface area contributed by atoms with Crippen molar-refractivity contribution in [1.29, 1.82) is 0 Å². The molecule has 0 atom stereocenters. The van der Waals surface area contributed by atoms with Crippen LogP contribution in [-0.2, 0) is 0 Å². The second kappa shape index (κ2) is 8.35. The zero-order valence-electron chi connectivity index (χ0n) is 15.9. The Labute approximate surface area is 160 Å². The number of nitrogens with zero attached hydrogens (tertiary/aromatic N) is 1. The number of phenolic OH excluding ortho intramolecular Hbond substituents is 1. The zero-order chi connectivity index (χ0) is 19.4. The Kier molecular flexibility index (Phi) is 5.91. The topological polar surface area (TPSA) is 69.6 Å². The van der Waals surface area contributed by atoms with E-state index >= 15 is 0 Å². The van der Waals surface area contributed by atoms with Gasteiger partial charge in [-0.15, -0.1) is 0 Å². The fourth-order valence-corrected chi connectivity index (χ4v) is 3.47. The van der Waals surface area contributed by atoms with E-state index in [-0.39, 0.29) is 28.4 Å². The summed E-state index contributed by atoms with van der Waals surface area (Å²) in [7, 11) is 2.11. The van der Waals surface area contributed by atoms with E-state index in [4.69, 9.17) is 0 Å². The first-order valence-electron chi connectivity index (χ1n) is 9.51. The van der Waals surface area contributed by atoms with Crippen molar-refractivity contribution in [3.05, 3.63) is 58.7 Å². The molecule has 2 aromatic rings. The van der Waals surface area contributed by atoms with Gasteiger partial charge in [-0.2, -0.15) is 0 Å². The maximum Gasteiger partial charge on any atom is 0.198 e. The molecule has 0 unspecified atom stereocenters. The molecule has 0 spiro atoms. The van der Waals surface area contributed by atoms with Crippen molar-refractivity contribution < 1.29 is 14.7 Å². The molecule has 0 aliphatic heterocycles. The average Bonchev–Trinajstić information content (AvgIpc) is 2.68. The molecule has 1 aliphatic carbocycles. The van der Waals surface area contributed by atoms with E-state index < -0.39 is 0 Å². The van der Waals surface area contributed by atoms with Gasteiger partial charge in [-0.05, 0) is 45.1 Å². The predicted molar refractivity (Wildman–Crippen MR) is 107 cm³/mol. The Morgan fingerprint density at radius 2 is 1.56 bits per heavy atom. The highest BCUT2D eigenvalue weighted by Gasteiger charge is 2.33. The van der Waals surface area contributed by atoms with Crippen molar-refractivity contribution in [1.82, 2.24) is 4.90 Å². The van der Waals surface area contributed by atoms with E-state index in [1.54, 1.807) is 30.3 Å². The number of anilines is 1. The van der Waals surface area contributed by atoms with E-state index in [0.717, 1.165) is 19.5 Å². The molecule has 27 heavy (non-hydrogen) atoms. The molecule has 0 bridgehead atoms. The number of fused-ring (bicyclic) bond motifs is 2. The van der Waals surface area contributed by atoms with E-state index in [0.29, 0.717) is 23.4 Å². The predicted octanol–water partition coefficient (Wildman–Crippen LogP) is 3.70. The van der Waals surface area contributed by atoms with Gasteiger partial charge in [0.1, 0.15) is 5.75 Å². The summed E-state index contributed by atoms with van der Waals surface area (Å²) >= 11 is 0. The fourth-order valence-electron chi connectivity index (χ4n) is 3.47. The van der Waals surface area contributed by atoms with Gasteiger partial charge in [0.05, 0.1) is 11.1 Å². The number of rotatable bonds is 8. The number of carbonyl (C=O) groups is 2. The molecule has 1 aliphatic rings. The minimum absolute atomic E-state index is 0.101. The molecule has 2 N–H and O–H groups in total. The minimum atomic E-state index is -0.305. The number of hydrogen-bond donors (Lipinski definition) is 2. The first-order chi connectivity index (χ1) is 13.0. The first kappa shape index (κ1) is 19.1. The van der Waals surface area contributed by atoms with Crippen molar-refractivity contribution in [3.8, 4) is 5.75 Å². The third-order valence-electron chi connectivity index (χ3n) is 4.98. The Bertz CT molecular complexity index is 861. The van der Waals surface area contributed by atoms with Crippen molar-refractivity contribution in [2.75, 3.05) is 32.0 Å². The maximum absolute atomic E-state index is 13.0. The van der Waals surface area contributed by atoms with Crippen molar-refractivity contribution in [2.45, 2.75) is 26.2 Å². The van der Waals surface area contributed by atoms with Gasteiger partial charge < -0.3 is 15.3 Å². The summed E-state index contributed by atoms with van der Waals surface area (Å²) < 4.78 is 0. The molecular formula is C22H26N2O3. The van der Waals surface area contributed by atoms with Crippen LogP contribution >= 0.6 is 0 Å². The van der Waals surface area contributed by atoms with Crippen LogP contribution < -0.4 is 5.32 Å². The van der Waals surface area contributed by atoms with Crippen molar-refractivity contribution in [2.24, 2.45) is 0 Å². The third kappa shape index (κ3) is 3.88. The van der Waals surface area contributed by atoms with Gasteiger partial charge in [0.2, 0.25) is 0 Å². The summed E-state index contributed by atoms with van der Waals surface area (Å²) in [6, 6.07) is 9.92. The number of nitrogens with one attached hydrogen (secondary N) is 1. The number of carbonyl (C=O) groups excluding carboxylic acids is 2. The second-order valence-corrected chi connectivity index (χ2v) is 7.02. The Morgan fingerprint density at radius 1 is 0.926 bits per heavy atom. The Hall–Kier alpha value is -2.66. The van der Waals surface area contributed by atoms with Gasteiger partial charge in [-0.1, -0.05) is 37.6 Å². The van der Waals surface area contributed by atoms with Crippen LogP contribution in [0.25, 0.3) is 0 Å². The lowest BCUT2D eigenvalue weighted by molar-refractivity contribution is 0.0977. The quantitative estimate of drug-likeness (QED) is 0.470. The highest BCUT2D eigenvalue weighted by atomic mass is 16.3. The first-order valence-corrected chi connectivity index (χ1v) is 9.51. The summed E-state index contributed by atoms with van der Waals surface area (Å²) in [6.45, 7) is 4.91. The second-order valence-electron chi connectivity index (χ2n) is 7.02. The molecule has 2 aromatic carbocycles. The van der Waals surface area contributed by atoms with Crippen LogP contribution in [0, 0.1) is 0 Å². The van der Waals surface area contributed by atoms with Gasteiger partial charge in [0, 0.05) is 23.4 Å². The molecule has 0 saturated heterocycles. The number of aromatic hydroxyl groups is 1. The lowest BCUT2D eigenvalue weighted by Crippen LogP contribution is -2.24. The molecule has 0 saturated carbocycles. The summed E-state index contributed by atoms with van der Waals surface area (Å²) in [6.07, 6.45) is 3.29. The van der Waals surface area contributed by atoms with Crippen LogP contribution in [0.5, 0.6) is 5.75 Å². The summed E-state index contributed by atoms with van der Waals surface area (Å²) in [5, 5.41) is 13.5. The average molecular weight is 366 g/mol. The van der Waals surface area contributed by atoms with Gasteiger partial charge in [0.25, 0.3) is 0 Å². The van der Waals surface area contributed by atoms with Crippen LogP contribution in [0.2, 0.25) is 0 Å². The molecule has 0 aromatic heterocycles. The third-order valence-corrected chi connectivity index (χ3v) is 4.98. The van der Waals surface area contributed by atoms with Gasteiger partial charge in [0.15, 0.2) is 11.6 Å². The summed E-state index contributed by atoms with van der Waals surface area (Å²) in [4.78, 5) is 28.1. The number of ketones is 2. The number of phenols is 1. The lowest BCUT2D eigenvalue weighted by atomic mass is 9.82. The monoisotopic (exact) mass is 366 g/mol. The molecular weight excluding hydrogens is 340 g/mol. The van der Waals surface area contributed by atoms with Gasteiger partial charge in [-0.3, -0.25) is 9.59 Å². The largest absolute Gasteiger partial charge is 0.507 e. The van der Waals surface area contributed by atoms with E-state index in [2.05, 4.69) is 24.2 Å². The normalized spacial score (nSPS) is 12.9. The van der Waals surface area contributed by atoms with Crippen LogP contribution in [0.4, 0.5) is 5.69 Å². The number of hydrogen-bond acceptors (Lipinski definition) is 5. The number of unbranched alkanes of at least 4 members (excludes halogenated alkanes) is 1. The summed E-state index contributed by atoms with van der Waals surface area (Å²) in [5.74, 6) is -0.679. The van der Waals surface area contributed by atoms with Gasteiger partial charge in [-0.25, -0.2) is 0 Å². The lowest BCUT2D eigenvalue weighted by Gasteiger charge is -2.22.